The van der Waals surface area contributed by atoms with Gasteiger partial charge in [0.25, 0.3) is 5.91 Å². The number of piperidine rings is 1. The summed E-state index contributed by atoms with van der Waals surface area (Å²) in [6.45, 7) is 7.08. The lowest BCUT2D eigenvalue weighted by Gasteiger charge is -2.27. The van der Waals surface area contributed by atoms with Gasteiger partial charge in [-0.1, -0.05) is 37.3 Å². The van der Waals surface area contributed by atoms with Crippen LogP contribution in [0, 0.1) is 13.8 Å². The summed E-state index contributed by atoms with van der Waals surface area (Å²) in [5.41, 5.74) is 2.44. The van der Waals surface area contributed by atoms with E-state index in [9.17, 15) is 13.2 Å². The Hall–Kier alpha value is -2.12. The highest BCUT2D eigenvalue weighted by Crippen LogP contribution is 2.27. The molecule has 2 N–H and O–H groups in total. The van der Waals surface area contributed by atoms with Crippen molar-refractivity contribution < 1.29 is 13.2 Å². The fourth-order valence-corrected chi connectivity index (χ4v) is 5.39. The second-order valence-corrected chi connectivity index (χ2v) is 9.30. The lowest BCUT2D eigenvalue weighted by Crippen LogP contribution is -2.37. The van der Waals surface area contributed by atoms with Crippen LogP contribution in [0.1, 0.15) is 59.4 Å². The zero-order valence-electron chi connectivity index (χ0n) is 16.8. The number of carbonyl (C=O) groups excluding carboxylic acids is 1. The normalized spacial score (nSPS) is 16.2. The maximum absolute atomic E-state index is 13.1. The third kappa shape index (κ3) is 4.31. The Bertz CT molecular complexity index is 929. The van der Waals surface area contributed by atoms with E-state index in [1.54, 1.807) is 18.7 Å². The second-order valence-electron chi connectivity index (χ2n) is 7.60. The molecule has 2 aromatic rings. The Morgan fingerprint density at radius 2 is 1.75 bits per heavy atom. The van der Waals surface area contributed by atoms with Gasteiger partial charge in [-0.05, 0) is 44.6 Å². The van der Waals surface area contributed by atoms with Crippen LogP contribution in [0.25, 0.3) is 0 Å². The van der Waals surface area contributed by atoms with Crippen molar-refractivity contribution in [3.8, 4) is 0 Å². The summed E-state index contributed by atoms with van der Waals surface area (Å²) in [6, 6.07) is 9.78. The highest BCUT2D eigenvalue weighted by atomic mass is 32.2. The van der Waals surface area contributed by atoms with E-state index in [0.717, 1.165) is 24.8 Å². The van der Waals surface area contributed by atoms with Crippen molar-refractivity contribution >= 4 is 15.9 Å². The van der Waals surface area contributed by atoms with Gasteiger partial charge in [-0.2, -0.15) is 0 Å². The molecule has 0 saturated carbocycles. The average Bonchev–Trinajstić information content (AvgIpc) is 3.01. The van der Waals surface area contributed by atoms with E-state index < -0.39 is 10.0 Å². The summed E-state index contributed by atoms with van der Waals surface area (Å²) in [5.74, 6) is -0.171. The SMILES string of the molecule is Cc1[nH]c(C)c(S(=O)(=O)NC[C@@H](C)c2ccccc2)c1C(=O)N1CCCCC1. The lowest BCUT2D eigenvalue weighted by atomic mass is 10.0. The van der Waals surface area contributed by atoms with Crippen LogP contribution >= 0.6 is 0 Å². The van der Waals surface area contributed by atoms with E-state index in [4.69, 9.17) is 0 Å². The quantitative estimate of drug-likeness (QED) is 0.776. The fourth-order valence-electron chi connectivity index (χ4n) is 3.81. The van der Waals surface area contributed by atoms with Crippen LogP contribution < -0.4 is 4.72 Å². The Labute approximate surface area is 167 Å². The summed E-state index contributed by atoms with van der Waals surface area (Å²) in [6.07, 6.45) is 3.03. The first-order valence-electron chi connectivity index (χ1n) is 9.84. The van der Waals surface area contributed by atoms with E-state index in [2.05, 4.69) is 9.71 Å². The van der Waals surface area contributed by atoms with Gasteiger partial charge in [0.1, 0.15) is 4.90 Å². The molecular weight excluding hydrogens is 374 g/mol. The number of aryl methyl sites for hydroxylation is 2. The predicted octanol–water partition coefficient (Wildman–Crippen LogP) is 3.34. The highest BCUT2D eigenvalue weighted by Gasteiger charge is 2.32. The summed E-state index contributed by atoms with van der Waals surface area (Å²) >= 11 is 0. The van der Waals surface area contributed by atoms with Crippen LogP contribution in [-0.2, 0) is 10.0 Å². The van der Waals surface area contributed by atoms with Gasteiger partial charge in [-0.3, -0.25) is 4.79 Å². The van der Waals surface area contributed by atoms with Crippen molar-refractivity contribution in [2.75, 3.05) is 19.6 Å². The van der Waals surface area contributed by atoms with Crippen molar-refractivity contribution in [1.29, 1.82) is 0 Å². The number of nitrogens with one attached hydrogen (secondary N) is 2. The molecule has 6 nitrogen and oxygen atoms in total. The molecule has 1 aromatic carbocycles. The van der Waals surface area contributed by atoms with E-state index in [1.807, 2.05) is 37.3 Å². The van der Waals surface area contributed by atoms with Crippen molar-refractivity contribution in [1.82, 2.24) is 14.6 Å². The van der Waals surface area contributed by atoms with Gasteiger partial charge < -0.3 is 9.88 Å². The molecule has 1 fully saturated rings. The van der Waals surface area contributed by atoms with Crippen LogP contribution in [0.2, 0.25) is 0 Å². The van der Waals surface area contributed by atoms with Gasteiger partial charge in [0.15, 0.2) is 0 Å². The molecule has 1 aliphatic heterocycles. The molecule has 1 atom stereocenters. The molecule has 0 aliphatic carbocycles. The first-order valence-corrected chi connectivity index (χ1v) is 11.3. The van der Waals surface area contributed by atoms with Crippen LogP contribution in [0.4, 0.5) is 0 Å². The molecule has 1 amide bonds. The van der Waals surface area contributed by atoms with E-state index in [0.29, 0.717) is 24.5 Å². The summed E-state index contributed by atoms with van der Waals surface area (Å²) in [7, 11) is -3.82. The van der Waals surface area contributed by atoms with Gasteiger partial charge in [0.05, 0.1) is 5.56 Å². The van der Waals surface area contributed by atoms with E-state index >= 15 is 0 Å². The first kappa shape index (κ1) is 20.6. The van der Waals surface area contributed by atoms with Crippen molar-refractivity contribution in [2.45, 2.75) is 50.8 Å². The lowest BCUT2D eigenvalue weighted by molar-refractivity contribution is 0.0720. The van der Waals surface area contributed by atoms with Gasteiger partial charge >= 0.3 is 0 Å². The predicted molar refractivity (Wildman–Crippen MR) is 110 cm³/mol. The van der Waals surface area contributed by atoms with Crippen LogP contribution in [0.5, 0.6) is 0 Å². The van der Waals surface area contributed by atoms with Crippen LogP contribution in [-0.4, -0.2) is 43.8 Å². The van der Waals surface area contributed by atoms with Crippen molar-refractivity contribution in [2.24, 2.45) is 0 Å². The fraction of sp³-hybridized carbons (Fsp3) is 0.476. The minimum atomic E-state index is -3.82. The third-order valence-corrected chi connectivity index (χ3v) is 6.99. The smallest absolute Gasteiger partial charge is 0.257 e. The van der Waals surface area contributed by atoms with Crippen LogP contribution in [0.3, 0.4) is 0 Å². The Morgan fingerprint density at radius 1 is 1.11 bits per heavy atom. The highest BCUT2D eigenvalue weighted by molar-refractivity contribution is 7.89. The number of carbonyl (C=O) groups is 1. The van der Waals surface area contributed by atoms with Crippen LogP contribution in [0.15, 0.2) is 35.2 Å². The van der Waals surface area contributed by atoms with Gasteiger partial charge in [-0.15, -0.1) is 0 Å². The largest absolute Gasteiger partial charge is 0.361 e. The molecule has 0 spiro atoms. The number of aromatic amines is 1. The van der Waals surface area contributed by atoms with E-state index in [1.165, 1.54) is 0 Å². The third-order valence-electron chi connectivity index (χ3n) is 5.39. The van der Waals surface area contributed by atoms with Crippen molar-refractivity contribution in [3.05, 3.63) is 52.8 Å². The monoisotopic (exact) mass is 403 g/mol. The van der Waals surface area contributed by atoms with Gasteiger partial charge in [-0.25, -0.2) is 13.1 Å². The molecule has 1 saturated heterocycles. The number of benzene rings is 1. The maximum Gasteiger partial charge on any atom is 0.257 e. The first-order chi connectivity index (χ1) is 13.3. The average molecular weight is 404 g/mol. The molecule has 7 heteroatoms. The minimum Gasteiger partial charge on any atom is -0.361 e. The van der Waals surface area contributed by atoms with Crippen molar-refractivity contribution in [3.63, 3.8) is 0 Å². The topological polar surface area (TPSA) is 82.3 Å². The molecule has 1 aromatic heterocycles. The number of nitrogens with zero attached hydrogens (tertiary/aromatic N) is 1. The Morgan fingerprint density at radius 3 is 2.39 bits per heavy atom. The van der Waals surface area contributed by atoms with Gasteiger partial charge in [0.2, 0.25) is 10.0 Å². The molecule has 0 unspecified atom stereocenters. The molecule has 28 heavy (non-hydrogen) atoms. The Kier molecular flexibility index (Phi) is 6.25. The maximum atomic E-state index is 13.1. The summed E-state index contributed by atoms with van der Waals surface area (Å²) in [4.78, 5) is 18.0. The molecule has 2 heterocycles. The number of hydrogen-bond donors (Lipinski definition) is 2. The number of sulfonamides is 1. The number of hydrogen-bond acceptors (Lipinski definition) is 3. The number of amides is 1. The van der Waals surface area contributed by atoms with E-state index in [-0.39, 0.29) is 28.8 Å². The molecule has 152 valence electrons. The molecule has 1 aliphatic rings. The number of likely N-dealkylation sites (tertiary alicyclic amines) is 1. The standard InChI is InChI=1S/C21H29N3O3S/c1-15(18-10-6-4-7-11-18)14-22-28(26,27)20-17(3)23-16(2)19(20)21(25)24-12-8-5-9-13-24/h4,6-7,10-11,15,22-23H,5,8-9,12-14H2,1-3H3/t15-/m1/s1. The molecule has 0 radical (unpaired) electrons. The Balaban J connectivity index is 1.84. The zero-order valence-corrected chi connectivity index (χ0v) is 17.6. The second kappa shape index (κ2) is 8.49. The minimum absolute atomic E-state index is 0.0255. The van der Waals surface area contributed by atoms with Gasteiger partial charge in [0, 0.05) is 31.0 Å². The molecule has 3 rings (SSSR count). The molecular formula is C21H29N3O3S. The summed E-state index contributed by atoms with van der Waals surface area (Å²) in [5, 5.41) is 0. The number of rotatable bonds is 6. The number of aromatic nitrogens is 1. The number of H-pyrrole nitrogens is 1. The molecule has 0 bridgehead atoms. The summed E-state index contributed by atoms with van der Waals surface area (Å²) < 4.78 is 28.9. The zero-order chi connectivity index (χ0) is 20.3.